The van der Waals surface area contributed by atoms with E-state index in [0.29, 0.717) is 26.4 Å². The Hall–Kier alpha value is -2.35. The van der Waals surface area contributed by atoms with E-state index in [1.54, 1.807) is 6.08 Å². The number of fused-ring (bicyclic) bond motifs is 1. The normalized spacial score (nSPS) is 18.4. The molecule has 0 radical (unpaired) electrons. The molecule has 0 saturated heterocycles. The zero-order valence-corrected chi connectivity index (χ0v) is 14.1. The van der Waals surface area contributed by atoms with E-state index in [0.717, 1.165) is 16.3 Å². The maximum absolute atomic E-state index is 9.70. The van der Waals surface area contributed by atoms with E-state index in [9.17, 15) is 5.26 Å². The van der Waals surface area contributed by atoms with Gasteiger partial charge < -0.3 is 5.21 Å². The van der Waals surface area contributed by atoms with Gasteiger partial charge in [0.2, 0.25) is 0 Å². The summed E-state index contributed by atoms with van der Waals surface area (Å²) >= 11 is 9.62. The molecule has 3 nitrogen and oxygen atoms in total. The molecule has 3 rings (SSSR count). The average molecular weight is 386 g/mol. The number of allylic oxidation sites excluding steroid dienone is 6. The molecular weight excluding hydrogens is 376 g/mol. The highest BCUT2D eigenvalue weighted by Crippen LogP contribution is 2.35. The van der Waals surface area contributed by atoms with E-state index in [-0.39, 0.29) is 0 Å². The van der Waals surface area contributed by atoms with Crippen molar-refractivity contribution >= 4 is 49.6 Å². The number of hydrogen-bond acceptors (Lipinski definition) is 3. The average Bonchev–Trinajstić information content (AvgIpc) is 2.58. The quantitative estimate of drug-likeness (QED) is 0.408. The second kappa shape index (κ2) is 6.41. The SMILES string of the molecule is N#C/C(=C1C=C(Br)/C(=N\O)C=C/1Cl)c1cccc2ccccc12. The van der Waals surface area contributed by atoms with Gasteiger partial charge in [-0.1, -0.05) is 59.2 Å². The lowest BCUT2D eigenvalue weighted by Crippen LogP contribution is -2.03. The summed E-state index contributed by atoms with van der Waals surface area (Å²) in [5.74, 6) is 0. The molecule has 2 aromatic carbocycles. The fourth-order valence-corrected chi connectivity index (χ4v) is 3.19. The van der Waals surface area contributed by atoms with Gasteiger partial charge in [-0.25, -0.2) is 0 Å². The zero-order valence-electron chi connectivity index (χ0n) is 11.8. The van der Waals surface area contributed by atoms with Crippen molar-refractivity contribution in [1.29, 1.82) is 5.26 Å². The van der Waals surface area contributed by atoms with Gasteiger partial charge in [0.25, 0.3) is 0 Å². The van der Waals surface area contributed by atoms with Crippen LogP contribution >= 0.6 is 27.5 Å². The van der Waals surface area contributed by atoms with Gasteiger partial charge in [-0.2, -0.15) is 5.26 Å². The lowest BCUT2D eigenvalue weighted by molar-refractivity contribution is 0.320. The Morgan fingerprint density at radius 1 is 1.13 bits per heavy atom. The predicted octanol–water partition coefficient (Wildman–Crippen LogP) is 5.36. The van der Waals surface area contributed by atoms with Crippen molar-refractivity contribution in [3.63, 3.8) is 0 Å². The molecule has 0 unspecified atom stereocenters. The Kier molecular flexibility index (Phi) is 4.33. The number of halogens is 2. The van der Waals surface area contributed by atoms with Crippen LogP contribution < -0.4 is 0 Å². The summed E-state index contributed by atoms with van der Waals surface area (Å²) in [5.41, 5.74) is 2.18. The summed E-state index contributed by atoms with van der Waals surface area (Å²) in [6.45, 7) is 0. The highest BCUT2D eigenvalue weighted by Gasteiger charge is 2.19. The summed E-state index contributed by atoms with van der Waals surface area (Å²) in [6.07, 6.45) is 3.21. The van der Waals surface area contributed by atoms with Crippen molar-refractivity contribution < 1.29 is 5.21 Å². The zero-order chi connectivity index (χ0) is 16.4. The monoisotopic (exact) mass is 384 g/mol. The summed E-state index contributed by atoms with van der Waals surface area (Å²) < 4.78 is 0.562. The molecule has 23 heavy (non-hydrogen) atoms. The first-order valence-electron chi connectivity index (χ1n) is 6.75. The first-order chi connectivity index (χ1) is 11.2. The van der Waals surface area contributed by atoms with Gasteiger partial charge in [0.1, 0.15) is 11.8 Å². The minimum atomic E-state index is 0.314. The van der Waals surface area contributed by atoms with Crippen molar-refractivity contribution in [2.45, 2.75) is 0 Å². The molecule has 0 heterocycles. The van der Waals surface area contributed by atoms with Crippen LogP contribution in [0.4, 0.5) is 0 Å². The topological polar surface area (TPSA) is 56.4 Å². The van der Waals surface area contributed by atoms with E-state index in [1.807, 2.05) is 42.5 Å². The van der Waals surface area contributed by atoms with Crippen LogP contribution in [0.1, 0.15) is 5.56 Å². The van der Waals surface area contributed by atoms with Crippen molar-refractivity contribution in [3.8, 4) is 6.07 Å². The third kappa shape index (κ3) is 2.81. The van der Waals surface area contributed by atoms with Gasteiger partial charge in [-0.05, 0) is 38.9 Å². The molecule has 2 aromatic rings. The second-order valence-corrected chi connectivity index (χ2v) is 6.16. The number of rotatable bonds is 1. The van der Waals surface area contributed by atoms with Crippen molar-refractivity contribution in [2.75, 3.05) is 0 Å². The Labute approximate surface area is 146 Å². The molecule has 0 fully saturated rings. The molecule has 1 aliphatic carbocycles. The standard InChI is InChI=1S/C18H10BrClN2O/c19-16-8-14(17(20)9-18(16)22-23)15(10-21)13-7-3-5-11-4-1-2-6-12(11)13/h1-9,23H/b15-14+,22-18-. The van der Waals surface area contributed by atoms with Gasteiger partial charge >= 0.3 is 0 Å². The first kappa shape index (κ1) is 15.5. The molecule has 0 amide bonds. The lowest BCUT2D eigenvalue weighted by atomic mass is 9.93. The summed E-state index contributed by atoms with van der Waals surface area (Å²) in [4.78, 5) is 0. The van der Waals surface area contributed by atoms with Gasteiger partial charge in [0.05, 0.1) is 10.6 Å². The fraction of sp³-hybridized carbons (Fsp3) is 0. The van der Waals surface area contributed by atoms with Crippen LogP contribution in [0.2, 0.25) is 0 Å². The van der Waals surface area contributed by atoms with Crippen molar-refractivity contribution in [1.82, 2.24) is 0 Å². The van der Waals surface area contributed by atoms with Gasteiger partial charge in [-0.15, -0.1) is 0 Å². The molecule has 0 aromatic heterocycles. The van der Waals surface area contributed by atoms with Gasteiger partial charge in [-0.3, -0.25) is 0 Å². The second-order valence-electron chi connectivity index (χ2n) is 4.90. The lowest BCUT2D eigenvalue weighted by Gasteiger charge is -2.13. The van der Waals surface area contributed by atoms with Gasteiger partial charge in [0.15, 0.2) is 0 Å². The molecule has 0 atom stereocenters. The number of benzene rings is 2. The van der Waals surface area contributed by atoms with Crippen LogP contribution in [0.3, 0.4) is 0 Å². The third-order valence-corrected chi connectivity index (χ3v) is 4.53. The van der Waals surface area contributed by atoms with Crippen LogP contribution in [-0.4, -0.2) is 10.9 Å². The van der Waals surface area contributed by atoms with E-state index < -0.39 is 0 Å². The summed E-state index contributed by atoms with van der Waals surface area (Å²) in [6, 6.07) is 15.9. The minimum Gasteiger partial charge on any atom is -0.410 e. The van der Waals surface area contributed by atoms with Crippen LogP contribution in [0.15, 0.2) is 74.9 Å². The summed E-state index contributed by atoms with van der Waals surface area (Å²) in [5, 5.41) is 24.2. The molecule has 0 spiro atoms. The van der Waals surface area contributed by atoms with Crippen LogP contribution in [0, 0.1) is 11.3 Å². The molecule has 1 N–H and O–H groups in total. The van der Waals surface area contributed by atoms with E-state index >= 15 is 0 Å². The van der Waals surface area contributed by atoms with E-state index in [4.69, 9.17) is 16.8 Å². The first-order valence-corrected chi connectivity index (χ1v) is 7.92. The Morgan fingerprint density at radius 2 is 1.87 bits per heavy atom. The smallest absolute Gasteiger partial charge is 0.118 e. The molecular formula is C18H10BrClN2O. The number of oxime groups is 1. The van der Waals surface area contributed by atoms with Crippen LogP contribution in [0.5, 0.6) is 0 Å². The third-order valence-electron chi connectivity index (χ3n) is 3.58. The maximum atomic E-state index is 9.70. The molecule has 0 saturated carbocycles. The van der Waals surface area contributed by atoms with Crippen LogP contribution in [0.25, 0.3) is 16.3 Å². The Morgan fingerprint density at radius 3 is 2.61 bits per heavy atom. The minimum absolute atomic E-state index is 0.314. The fourth-order valence-electron chi connectivity index (χ4n) is 2.51. The van der Waals surface area contributed by atoms with Crippen molar-refractivity contribution in [2.24, 2.45) is 5.16 Å². The summed E-state index contributed by atoms with van der Waals surface area (Å²) in [7, 11) is 0. The van der Waals surface area contributed by atoms with Gasteiger partial charge in [0, 0.05) is 15.6 Å². The highest BCUT2D eigenvalue weighted by molar-refractivity contribution is 9.12. The predicted molar refractivity (Wildman–Crippen MR) is 96.6 cm³/mol. The largest absolute Gasteiger partial charge is 0.410 e. The molecule has 112 valence electrons. The van der Waals surface area contributed by atoms with Crippen LogP contribution in [-0.2, 0) is 0 Å². The number of hydrogen-bond donors (Lipinski definition) is 1. The van der Waals surface area contributed by atoms with Crippen molar-refractivity contribution in [3.05, 3.63) is 75.3 Å². The van der Waals surface area contributed by atoms with E-state index in [1.165, 1.54) is 6.08 Å². The maximum Gasteiger partial charge on any atom is 0.118 e. The highest BCUT2D eigenvalue weighted by atomic mass is 79.9. The number of nitrogens with zero attached hydrogens (tertiary/aromatic N) is 2. The molecule has 0 bridgehead atoms. The molecule has 1 aliphatic rings. The Balaban J connectivity index is 2.30. The molecule has 0 aliphatic heterocycles. The molecule has 5 heteroatoms. The number of nitriles is 1. The van der Waals surface area contributed by atoms with E-state index in [2.05, 4.69) is 27.2 Å². The Bertz CT molecular complexity index is 959.